The van der Waals surface area contributed by atoms with Crippen molar-refractivity contribution in [1.82, 2.24) is 5.32 Å². The second-order valence-corrected chi connectivity index (χ2v) is 5.30. The molecule has 1 aromatic rings. The fourth-order valence-corrected chi connectivity index (χ4v) is 2.54. The number of aryl methyl sites for hydroxylation is 1. The quantitative estimate of drug-likeness (QED) is 0.658. The average Bonchev–Trinajstić information content (AvgIpc) is 2.60. The third kappa shape index (κ3) is 2.68. The molecule has 0 saturated carbocycles. The van der Waals surface area contributed by atoms with Crippen LogP contribution in [-0.4, -0.2) is 17.3 Å². The summed E-state index contributed by atoms with van der Waals surface area (Å²) in [5.74, 6) is 0.671. The van der Waals surface area contributed by atoms with Gasteiger partial charge in [-0.15, -0.1) is 0 Å². The second-order valence-electron chi connectivity index (χ2n) is 3.58. The van der Waals surface area contributed by atoms with Gasteiger partial charge in [0, 0.05) is 0 Å². The number of rotatable bonds is 2. The van der Waals surface area contributed by atoms with Crippen LogP contribution in [-0.2, 0) is 4.79 Å². The molecule has 0 radical (unpaired) electrons. The highest BCUT2D eigenvalue weighted by Crippen LogP contribution is 2.27. The molecular formula is C12H11NO2S2. The number of nitrogens with one attached hydrogen (secondary N) is 1. The zero-order valence-electron chi connectivity index (χ0n) is 9.44. The minimum atomic E-state index is -0.139. The molecule has 1 heterocycles. The number of carbonyl (C=O) groups is 1. The molecule has 1 aliphatic rings. The van der Waals surface area contributed by atoms with Crippen LogP contribution >= 0.6 is 24.0 Å². The summed E-state index contributed by atoms with van der Waals surface area (Å²) >= 11 is 6.20. The third-order valence-electron chi connectivity index (χ3n) is 2.37. The summed E-state index contributed by atoms with van der Waals surface area (Å²) in [6, 6.07) is 5.80. The molecule has 1 saturated heterocycles. The zero-order valence-corrected chi connectivity index (χ0v) is 11.1. The molecule has 0 bridgehead atoms. The number of benzene rings is 1. The Hall–Kier alpha value is -1.33. The van der Waals surface area contributed by atoms with Crippen molar-refractivity contribution in [3.63, 3.8) is 0 Å². The van der Waals surface area contributed by atoms with E-state index in [1.54, 1.807) is 13.2 Å². The molecule has 3 nitrogen and oxygen atoms in total. The first-order chi connectivity index (χ1) is 8.10. The Morgan fingerprint density at radius 2 is 2.24 bits per heavy atom. The van der Waals surface area contributed by atoms with E-state index in [2.05, 4.69) is 5.32 Å². The predicted molar refractivity (Wildman–Crippen MR) is 74.0 cm³/mol. The minimum absolute atomic E-state index is 0.139. The van der Waals surface area contributed by atoms with Gasteiger partial charge < -0.3 is 10.1 Å². The van der Waals surface area contributed by atoms with Crippen LogP contribution in [0.3, 0.4) is 0 Å². The topological polar surface area (TPSA) is 38.3 Å². The Kier molecular flexibility index (Phi) is 3.49. The summed E-state index contributed by atoms with van der Waals surface area (Å²) in [4.78, 5) is 12.1. The van der Waals surface area contributed by atoms with Gasteiger partial charge >= 0.3 is 0 Å². The maximum Gasteiger partial charge on any atom is 0.263 e. The molecule has 0 aliphatic carbocycles. The molecule has 5 heteroatoms. The Morgan fingerprint density at radius 3 is 2.82 bits per heavy atom. The van der Waals surface area contributed by atoms with E-state index >= 15 is 0 Å². The zero-order chi connectivity index (χ0) is 12.4. The monoisotopic (exact) mass is 265 g/mol. The van der Waals surface area contributed by atoms with E-state index in [1.807, 2.05) is 25.1 Å². The molecule has 0 aromatic heterocycles. The van der Waals surface area contributed by atoms with E-state index < -0.39 is 0 Å². The van der Waals surface area contributed by atoms with Crippen molar-refractivity contribution in [2.24, 2.45) is 0 Å². The Balaban J connectivity index is 2.33. The normalized spacial score (nSPS) is 17.4. The van der Waals surface area contributed by atoms with Crippen molar-refractivity contribution in [2.45, 2.75) is 6.92 Å². The summed E-state index contributed by atoms with van der Waals surface area (Å²) < 4.78 is 5.74. The molecule has 1 N–H and O–H groups in total. The van der Waals surface area contributed by atoms with Gasteiger partial charge in [0.05, 0.1) is 12.0 Å². The highest BCUT2D eigenvalue weighted by molar-refractivity contribution is 8.26. The highest BCUT2D eigenvalue weighted by Gasteiger charge is 2.21. The molecule has 1 aliphatic heterocycles. The van der Waals surface area contributed by atoms with Crippen LogP contribution in [0.1, 0.15) is 11.1 Å². The molecule has 0 unspecified atom stereocenters. The van der Waals surface area contributed by atoms with Crippen LogP contribution < -0.4 is 10.1 Å². The molecular weight excluding hydrogens is 254 g/mol. The van der Waals surface area contributed by atoms with Crippen molar-refractivity contribution in [1.29, 1.82) is 0 Å². The highest BCUT2D eigenvalue weighted by atomic mass is 32.2. The minimum Gasteiger partial charge on any atom is -0.496 e. The lowest BCUT2D eigenvalue weighted by Crippen LogP contribution is -2.17. The fourth-order valence-electron chi connectivity index (χ4n) is 1.50. The van der Waals surface area contributed by atoms with Crippen molar-refractivity contribution in [3.05, 3.63) is 34.2 Å². The maximum absolute atomic E-state index is 11.5. The molecule has 1 amide bonds. The Morgan fingerprint density at radius 1 is 1.47 bits per heavy atom. The SMILES string of the molecule is COc1cc(/C=C2\SC(=S)NC2=O)ccc1C. The van der Waals surface area contributed by atoms with Crippen molar-refractivity contribution in [3.8, 4) is 5.75 Å². The van der Waals surface area contributed by atoms with Crippen LogP contribution in [0, 0.1) is 6.92 Å². The number of ether oxygens (including phenoxy) is 1. The number of amides is 1. The van der Waals surface area contributed by atoms with Crippen LogP contribution in [0.15, 0.2) is 23.1 Å². The summed E-state index contributed by atoms with van der Waals surface area (Å²) in [5.41, 5.74) is 1.99. The van der Waals surface area contributed by atoms with Gasteiger partial charge in [-0.05, 0) is 30.2 Å². The summed E-state index contributed by atoms with van der Waals surface area (Å²) in [6.07, 6.45) is 1.81. The fraction of sp³-hybridized carbons (Fsp3) is 0.167. The molecule has 1 fully saturated rings. The van der Waals surface area contributed by atoms with Gasteiger partial charge in [0.1, 0.15) is 10.1 Å². The molecule has 1 aromatic carbocycles. The Bertz CT molecular complexity index is 523. The van der Waals surface area contributed by atoms with Crippen LogP contribution in [0.25, 0.3) is 6.08 Å². The molecule has 88 valence electrons. The van der Waals surface area contributed by atoms with Gasteiger partial charge in [-0.3, -0.25) is 4.79 Å². The first-order valence-electron chi connectivity index (χ1n) is 4.99. The lowest BCUT2D eigenvalue weighted by Gasteiger charge is -2.05. The maximum atomic E-state index is 11.5. The summed E-state index contributed by atoms with van der Waals surface area (Å²) in [7, 11) is 1.63. The number of thiocarbonyl (C=S) groups is 1. The van der Waals surface area contributed by atoms with E-state index in [4.69, 9.17) is 17.0 Å². The number of thioether (sulfide) groups is 1. The smallest absolute Gasteiger partial charge is 0.263 e. The van der Waals surface area contributed by atoms with Crippen LogP contribution in [0.2, 0.25) is 0 Å². The first kappa shape index (κ1) is 12.1. The van der Waals surface area contributed by atoms with Crippen molar-refractivity contribution >= 4 is 40.3 Å². The number of hydrogen-bond acceptors (Lipinski definition) is 4. The van der Waals surface area contributed by atoms with Crippen LogP contribution in [0.4, 0.5) is 0 Å². The number of hydrogen-bond donors (Lipinski definition) is 1. The predicted octanol–water partition coefficient (Wildman–Crippen LogP) is 2.49. The number of methoxy groups -OCH3 is 1. The second kappa shape index (κ2) is 4.89. The lowest BCUT2D eigenvalue weighted by molar-refractivity contribution is -0.115. The largest absolute Gasteiger partial charge is 0.496 e. The van der Waals surface area contributed by atoms with Gasteiger partial charge in [0.2, 0.25) is 0 Å². The number of carbonyl (C=O) groups excluding carboxylic acids is 1. The van der Waals surface area contributed by atoms with Gasteiger partial charge in [0.25, 0.3) is 5.91 Å². The molecule has 0 atom stereocenters. The van der Waals surface area contributed by atoms with E-state index in [0.717, 1.165) is 16.9 Å². The van der Waals surface area contributed by atoms with E-state index in [1.165, 1.54) is 11.8 Å². The summed E-state index contributed by atoms with van der Waals surface area (Å²) in [6.45, 7) is 1.97. The summed E-state index contributed by atoms with van der Waals surface area (Å²) in [5, 5.41) is 2.58. The molecule has 0 spiro atoms. The standard InChI is InChI=1S/C12H11NO2S2/c1-7-3-4-8(5-9(7)15-2)6-10-11(14)13-12(16)17-10/h3-6H,1-2H3,(H,13,14,16)/b10-6-. The first-order valence-corrected chi connectivity index (χ1v) is 6.22. The van der Waals surface area contributed by atoms with E-state index in [0.29, 0.717) is 9.23 Å². The average molecular weight is 265 g/mol. The van der Waals surface area contributed by atoms with Gasteiger partial charge in [-0.1, -0.05) is 36.1 Å². The van der Waals surface area contributed by atoms with E-state index in [9.17, 15) is 4.79 Å². The van der Waals surface area contributed by atoms with Crippen molar-refractivity contribution in [2.75, 3.05) is 7.11 Å². The third-order valence-corrected chi connectivity index (χ3v) is 3.53. The van der Waals surface area contributed by atoms with Crippen molar-refractivity contribution < 1.29 is 9.53 Å². The molecule has 2 rings (SSSR count). The Labute approximate surface area is 109 Å². The van der Waals surface area contributed by atoms with Gasteiger partial charge in [-0.2, -0.15) is 0 Å². The molecule has 17 heavy (non-hydrogen) atoms. The van der Waals surface area contributed by atoms with Gasteiger partial charge in [0.15, 0.2) is 0 Å². The lowest BCUT2D eigenvalue weighted by atomic mass is 10.1. The van der Waals surface area contributed by atoms with Crippen LogP contribution in [0.5, 0.6) is 5.75 Å². The van der Waals surface area contributed by atoms with Gasteiger partial charge in [-0.25, -0.2) is 0 Å². The van der Waals surface area contributed by atoms with E-state index in [-0.39, 0.29) is 5.91 Å².